The molecule has 2 atom stereocenters. The van der Waals surface area contributed by atoms with Gasteiger partial charge in [0.1, 0.15) is 17.0 Å². The number of pyridine rings is 1. The molecule has 1 aromatic heterocycles. The fraction of sp³-hybridized carbons (Fsp3) is 0.560. The number of aromatic nitrogens is 1. The van der Waals surface area contributed by atoms with Crippen molar-refractivity contribution in [3.05, 3.63) is 36.0 Å². The van der Waals surface area contributed by atoms with E-state index in [9.17, 15) is 9.59 Å². The Balaban J connectivity index is 1.37. The van der Waals surface area contributed by atoms with Crippen LogP contribution in [0.25, 0.3) is 10.9 Å². The maximum atomic E-state index is 13.2. The normalized spacial score (nSPS) is 31.8. The summed E-state index contributed by atoms with van der Waals surface area (Å²) in [6.45, 7) is 2.70. The molecule has 2 aromatic rings. The summed E-state index contributed by atoms with van der Waals surface area (Å²) in [7, 11) is 0. The SMILES string of the molecule is CCCOc1cccc2ccc(C(=O)CC3C4CC5CC3CC(C(N)=O)(C5)C4)nc12. The van der Waals surface area contributed by atoms with Gasteiger partial charge in [-0.25, -0.2) is 4.98 Å². The van der Waals surface area contributed by atoms with Gasteiger partial charge in [0.05, 0.1) is 6.61 Å². The number of nitrogens with two attached hydrogens (primary N) is 1. The third kappa shape index (κ3) is 3.19. The van der Waals surface area contributed by atoms with Gasteiger partial charge in [-0.05, 0) is 74.3 Å². The number of nitrogens with zero attached hydrogens (tertiary/aromatic N) is 1. The summed E-state index contributed by atoms with van der Waals surface area (Å²) in [5, 5.41) is 0.984. The lowest BCUT2D eigenvalue weighted by atomic mass is 9.45. The number of ketones is 1. The molecule has 1 amide bonds. The van der Waals surface area contributed by atoms with Crippen molar-refractivity contribution in [3.8, 4) is 5.75 Å². The third-order valence-electron chi connectivity index (χ3n) is 7.84. The van der Waals surface area contributed by atoms with Crippen LogP contribution in [0.15, 0.2) is 30.3 Å². The Labute approximate surface area is 177 Å². The van der Waals surface area contributed by atoms with Crippen molar-refractivity contribution in [1.82, 2.24) is 4.98 Å². The molecule has 30 heavy (non-hydrogen) atoms. The average molecular weight is 407 g/mol. The van der Waals surface area contributed by atoms with Crippen molar-refractivity contribution in [2.75, 3.05) is 6.61 Å². The number of primary amides is 1. The molecule has 4 bridgehead atoms. The topological polar surface area (TPSA) is 82.3 Å². The summed E-state index contributed by atoms with van der Waals surface area (Å²) >= 11 is 0. The Morgan fingerprint density at radius 2 is 1.90 bits per heavy atom. The average Bonchev–Trinajstić information content (AvgIpc) is 2.73. The molecule has 0 saturated heterocycles. The minimum absolute atomic E-state index is 0.104. The van der Waals surface area contributed by atoms with Crippen LogP contribution >= 0.6 is 0 Å². The molecule has 5 heteroatoms. The van der Waals surface area contributed by atoms with Gasteiger partial charge in [-0.15, -0.1) is 0 Å². The van der Waals surface area contributed by atoms with E-state index in [-0.39, 0.29) is 17.1 Å². The van der Waals surface area contributed by atoms with Gasteiger partial charge in [0.2, 0.25) is 5.91 Å². The van der Waals surface area contributed by atoms with Gasteiger partial charge in [0.25, 0.3) is 0 Å². The van der Waals surface area contributed by atoms with Crippen LogP contribution < -0.4 is 10.5 Å². The molecule has 0 radical (unpaired) electrons. The number of ether oxygens (including phenoxy) is 1. The summed E-state index contributed by atoms with van der Waals surface area (Å²) in [4.78, 5) is 30.1. The highest BCUT2D eigenvalue weighted by atomic mass is 16.5. The summed E-state index contributed by atoms with van der Waals surface area (Å²) in [6.07, 6.45) is 6.43. The predicted octanol–water partition coefficient (Wildman–Crippen LogP) is 4.52. The van der Waals surface area contributed by atoms with E-state index >= 15 is 0 Å². The van der Waals surface area contributed by atoms with Crippen LogP contribution in [0.1, 0.15) is 62.4 Å². The standard InChI is InChI=1S/C25H30N2O3/c1-2-8-30-22-5-3-4-16-6-7-20(27-23(16)22)21(28)11-19-17-9-15-10-18(19)14-25(12-15,13-17)24(26)29/h3-7,15,17-19H,2,8-14H2,1H3,(H2,26,29). The maximum absolute atomic E-state index is 13.2. The number of carbonyl (C=O) groups is 2. The van der Waals surface area contributed by atoms with Crippen LogP contribution in [0.2, 0.25) is 0 Å². The first-order valence-corrected chi connectivity index (χ1v) is 11.3. The highest BCUT2D eigenvalue weighted by Gasteiger charge is 2.57. The number of hydrogen-bond donors (Lipinski definition) is 1. The van der Waals surface area contributed by atoms with E-state index < -0.39 is 0 Å². The van der Waals surface area contributed by atoms with Crippen molar-refractivity contribution >= 4 is 22.6 Å². The van der Waals surface area contributed by atoms with Crippen molar-refractivity contribution in [2.45, 2.75) is 51.9 Å². The molecular weight excluding hydrogens is 376 g/mol. The van der Waals surface area contributed by atoms with E-state index in [1.807, 2.05) is 30.3 Å². The Bertz CT molecular complexity index is 985. The molecule has 5 nitrogen and oxygen atoms in total. The van der Waals surface area contributed by atoms with Crippen molar-refractivity contribution in [3.63, 3.8) is 0 Å². The van der Waals surface area contributed by atoms with E-state index in [0.29, 0.717) is 42.4 Å². The van der Waals surface area contributed by atoms with Crippen LogP contribution in [-0.4, -0.2) is 23.3 Å². The van der Waals surface area contributed by atoms with Gasteiger partial charge in [-0.1, -0.05) is 25.1 Å². The summed E-state index contributed by atoms with van der Waals surface area (Å²) in [5.41, 5.74) is 6.78. The quantitative estimate of drug-likeness (QED) is 0.685. The van der Waals surface area contributed by atoms with Crippen LogP contribution in [0.3, 0.4) is 0 Å². The van der Waals surface area contributed by atoms with Gasteiger partial charge in [-0.2, -0.15) is 0 Å². The summed E-state index contributed by atoms with van der Waals surface area (Å²) < 4.78 is 5.85. The zero-order valence-electron chi connectivity index (χ0n) is 17.6. The molecule has 4 fully saturated rings. The van der Waals surface area contributed by atoms with Crippen LogP contribution in [-0.2, 0) is 4.79 Å². The number of hydrogen-bond acceptors (Lipinski definition) is 4. The second kappa shape index (κ2) is 7.36. The van der Waals surface area contributed by atoms with Gasteiger partial charge in [0, 0.05) is 17.2 Å². The molecule has 4 aliphatic rings. The first-order valence-electron chi connectivity index (χ1n) is 11.3. The number of Topliss-reactive ketones (excluding diaryl/α,β-unsaturated/α-hetero) is 1. The summed E-state index contributed by atoms with van der Waals surface area (Å²) in [5.74, 6) is 2.56. The fourth-order valence-electron chi connectivity index (χ4n) is 6.69. The molecule has 0 aliphatic heterocycles. The molecule has 2 N–H and O–H groups in total. The van der Waals surface area contributed by atoms with Crippen LogP contribution in [0, 0.1) is 29.1 Å². The Morgan fingerprint density at radius 3 is 2.60 bits per heavy atom. The zero-order chi connectivity index (χ0) is 20.9. The maximum Gasteiger partial charge on any atom is 0.223 e. The van der Waals surface area contributed by atoms with Gasteiger partial charge < -0.3 is 10.5 Å². The molecular formula is C25H30N2O3. The Morgan fingerprint density at radius 1 is 1.13 bits per heavy atom. The minimum atomic E-state index is -0.303. The van der Waals surface area contributed by atoms with E-state index in [1.54, 1.807) is 0 Å². The highest BCUT2D eigenvalue weighted by molar-refractivity contribution is 5.97. The molecule has 6 rings (SSSR count). The molecule has 1 aromatic carbocycles. The van der Waals surface area contributed by atoms with Crippen molar-refractivity contribution < 1.29 is 14.3 Å². The number of carbonyl (C=O) groups excluding carboxylic acids is 2. The predicted molar refractivity (Wildman–Crippen MR) is 115 cm³/mol. The molecule has 0 spiro atoms. The van der Waals surface area contributed by atoms with Gasteiger partial charge >= 0.3 is 0 Å². The number of amides is 1. The monoisotopic (exact) mass is 406 g/mol. The van der Waals surface area contributed by atoms with Crippen molar-refractivity contribution in [2.24, 2.45) is 34.8 Å². The van der Waals surface area contributed by atoms with E-state index in [0.717, 1.165) is 55.2 Å². The summed E-state index contributed by atoms with van der Waals surface area (Å²) in [6, 6.07) is 9.68. The van der Waals surface area contributed by atoms with Crippen molar-refractivity contribution in [1.29, 1.82) is 0 Å². The number of benzene rings is 1. The second-order valence-electron chi connectivity index (χ2n) is 9.78. The molecule has 4 saturated carbocycles. The minimum Gasteiger partial charge on any atom is -0.491 e. The first-order chi connectivity index (χ1) is 14.5. The van der Waals surface area contributed by atoms with Crippen LogP contribution in [0.5, 0.6) is 5.75 Å². The second-order valence-corrected chi connectivity index (χ2v) is 9.78. The lowest BCUT2D eigenvalue weighted by Crippen LogP contribution is -2.56. The number of fused-ring (bicyclic) bond motifs is 1. The lowest BCUT2D eigenvalue weighted by molar-refractivity contribution is -0.149. The highest BCUT2D eigenvalue weighted by Crippen LogP contribution is 2.62. The third-order valence-corrected chi connectivity index (χ3v) is 7.84. The Hall–Kier alpha value is -2.43. The number of para-hydroxylation sites is 1. The molecule has 1 heterocycles. The number of rotatable bonds is 7. The Kier molecular flexibility index (Phi) is 4.79. The lowest BCUT2D eigenvalue weighted by Gasteiger charge is -2.58. The van der Waals surface area contributed by atoms with Crippen LogP contribution in [0.4, 0.5) is 0 Å². The van der Waals surface area contributed by atoms with E-state index in [2.05, 4.69) is 6.92 Å². The molecule has 2 unspecified atom stereocenters. The van der Waals surface area contributed by atoms with E-state index in [1.165, 1.54) is 0 Å². The van der Waals surface area contributed by atoms with Gasteiger partial charge in [-0.3, -0.25) is 9.59 Å². The molecule has 4 aliphatic carbocycles. The first kappa shape index (κ1) is 19.5. The van der Waals surface area contributed by atoms with E-state index in [4.69, 9.17) is 15.5 Å². The van der Waals surface area contributed by atoms with Gasteiger partial charge in [0.15, 0.2) is 5.78 Å². The molecule has 158 valence electrons. The fourth-order valence-corrected chi connectivity index (χ4v) is 6.69. The zero-order valence-corrected chi connectivity index (χ0v) is 17.6. The smallest absolute Gasteiger partial charge is 0.223 e. The largest absolute Gasteiger partial charge is 0.491 e.